The third-order valence-corrected chi connectivity index (χ3v) is 4.37. The predicted octanol–water partition coefficient (Wildman–Crippen LogP) is 2.42. The second kappa shape index (κ2) is 8.64. The Hall–Kier alpha value is -2.93. The Morgan fingerprint density at radius 1 is 1.07 bits per heavy atom. The lowest BCUT2D eigenvalue weighted by atomic mass is 10.1. The van der Waals surface area contributed by atoms with Crippen LogP contribution in [0.15, 0.2) is 48.5 Å². The molecular formula is C20H22FN3O3. The second-order valence-electron chi connectivity index (χ2n) is 6.28. The van der Waals surface area contributed by atoms with Gasteiger partial charge in [-0.05, 0) is 31.2 Å². The van der Waals surface area contributed by atoms with Crippen molar-refractivity contribution in [3.63, 3.8) is 0 Å². The van der Waals surface area contributed by atoms with Crippen LogP contribution in [0.5, 0.6) is 0 Å². The molecule has 1 unspecified atom stereocenters. The minimum atomic E-state index is -0.824. The SMILES string of the molecule is CC(NC(=O)c1ccccc1F)C(=O)Nc1ccccc1N1CCOCC1. The van der Waals surface area contributed by atoms with Crippen molar-refractivity contribution < 1.29 is 18.7 Å². The topological polar surface area (TPSA) is 70.7 Å². The van der Waals surface area contributed by atoms with Gasteiger partial charge in [0.25, 0.3) is 5.91 Å². The van der Waals surface area contributed by atoms with Gasteiger partial charge in [0.15, 0.2) is 0 Å². The highest BCUT2D eigenvalue weighted by molar-refractivity contribution is 6.02. The Kier molecular flexibility index (Phi) is 6.03. The maximum atomic E-state index is 13.7. The second-order valence-corrected chi connectivity index (χ2v) is 6.28. The van der Waals surface area contributed by atoms with Gasteiger partial charge in [-0.2, -0.15) is 0 Å². The minimum absolute atomic E-state index is 0.0918. The van der Waals surface area contributed by atoms with Crippen LogP contribution in [0.25, 0.3) is 0 Å². The van der Waals surface area contributed by atoms with E-state index in [0.717, 1.165) is 18.8 Å². The molecule has 2 aromatic rings. The summed E-state index contributed by atoms with van der Waals surface area (Å²) in [6, 6.07) is 12.3. The molecule has 2 N–H and O–H groups in total. The first-order valence-corrected chi connectivity index (χ1v) is 8.84. The first kappa shape index (κ1) is 18.8. The summed E-state index contributed by atoms with van der Waals surface area (Å²) in [6.45, 7) is 4.32. The number of carbonyl (C=O) groups is 2. The van der Waals surface area contributed by atoms with E-state index in [1.807, 2.05) is 24.3 Å². The van der Waals surface area contributed by atoms with Crippen LogP contribution in [-0.4, -0.2) is 44.2 Å². The molecule has 0 aromatic heterocycles. The van der Waals surface area contributed by atoms with Crippen LogP contribution >= 0.6 is 0 Å². The zero-order chi connectivity index (χ0) is 19.2. The number of para-hydroxylation sites is 2. The number of rotatable bonds is 5. The number of carbonyl (C=O) groups excluding carboxylic acids is 2. The third kappa shape index (κ3) is 4.62. The summed E-state index contributed by atoms with van der Waals surface area (Å²) in [5, 5.41) is 5.38. The van der Waals surface area contributed by atoms with Crippen molar-refractivity contribution in [1.29, 1.82) is 0 Å². The molecule has 6 nitrogen and oxygen atoms in total. The van der Waals surface area contributed by atoms with Crippen molar-refractivity contribution in [2.45, 2.75) is 13.0 Å². The number of hydrogen-bond acceptors (Lipinski definition) is 4. The summed E-state index contributed by atoms with van der Waals surface area (Å²) >= 11 is 0. The molecule has 0 saturated carbocycles. The van der Waals surface area contributed by atoms with Gasteiger partial charge in [-0.3, -0.25) is 9.59 Å². The van der Waals surface area contributed by atoms with E-state index in [0.29, 0.717) is 18.9 Å². The number of ether oxygens (including phenoxy) is 1. The summed E-state index contributed by atoms with van der Waals surface area (Å²) in [5.41, 5.74) is 1.48. The number of anilines is 2. The molecule has 1 atom stereocenters. The third-order valence-electron chi connectivity index (χ3n) is 4.37. The first-order chi connectivity index (χ1) is 13.1. The molecule has 1 heterocycles. The zero-order valence-electron chi connectivity index (χ0n) is 15.1. The molecule has 0 spiro atoms. The lowest BCUT2D eigenvalue weighted by molar-refractivity contribution is -0.117. The van der Waals surface area contributed by atoms with Gasteiger partial charge in [-0.25, -0.2) is 4.39 Å². The zero-order valence-corrected chi connectivity index (χ0v) is 15.1. The number of hydrogen-bond donors (Lipinski definition) is 2. The van der Waals surface area contributed by atoms with Crippen LogP contribution in [0.3, 0.4) is 0 Å². The Bertz CT molecular complexity index is 822. The standard InChI is InChI=1S/C20H22FN3O3/c1-14(22-20(26)15-6-2-3-7-16(15)21)19(25)23-17-8-4-5-9-18(17)24-10-12-27-13-11-24/h2-9,14H,10-13H2,1H3,(H,22,26)(H,23,25). The number of benzene rings is 2. The Labute approximate surface area is 157 Å². The average Bonchev–Trinajstić information content (AvgIpc) is 2.69. The fourth-order valence-electron chi connectivity index (χ4n) is 2.89. The number of halogens is 1. The van der Waals surface area contributed by atoms with E-state index in [9.17, 15) is 14.0 Å². The highest BCUT2D eigenvalue weighted by atomic mass is 19.1. The molecule has 1 saturated heterocycles. The smallest absolute Gasteiger partial charge is 0.254 e. The Morgan fingerprint density at radius 3 is 2.48 bits per heavy atom. The van der Waals surface area contributed by atoms with E-state index in [-0.39, 0.29) is 11.5 Å². The molecule has 3 rings (SSSR count). The molecule has 0 radical (unpaired) electrons. The van der Waals surface area contributed by atoms with Gasteiger partial charge in [-0.1, -0.05) is 24.3 Å². The highest BCUT2D eigenvalue weighted by Gasteiger charge is 2.21. The summed E-state index contributed by atoms with van der Waals surface area (Å²) in [4.78, 5) is 26.9. The van der Waals surface area contributed by atoms with Crippen molar-refractivity contribution in [3.8, 4) is 0 Å². The van der Waals surface area contributed by atoms with Crippen LogP contribution < -0.4 is 15.5 Å². The van der Waals surface area contributed by atoms with E-state index in [1.54, 1.807) is 13.0 Å². The maximum absolute atomic E-state index is 13.7. The van der Waals surface area contributed by atoms with Crippen LogP contribution in [0.4, 0.5) is 15.8 Å². The van der Waals surface area contributed by atoms with Crippen LogP contribution in [-0.2, 0) is 9.53 Å². The van der Waals surface area contributed by atoms with Gasteiger partial charge in [0.05, 0.1) is 30.2 Å². The van der Waals surface area contributed by atoms with Crippen molar-refractivity contribution in [2.24, 2.45) is 0 Å². The Balaban J connectivity index is 1.66. The van der Waals surface area contributed by atoms with E-state index in [4.69, 9.17) is 4.74 Å². The van der Waals surface area contributed by atoms with E-state index >= 15 is 0 Å². The molecule has 0 bridgehead atoms. The number of nitrogens with zero attached hydrogens (tertiary/aromatic N) is 1. The van der Waals surface area contributed by atoms with Gasteiger partial charge in [0.2, 0.25) is 5.91 Å². The molecule has 1 fully saturated rings. The van der Waals surface area contributed by atoms with Gasteiger partial charge in [-0.15, -0.1) is 0 Å². The van der Waals surface area contributed by atoms with Crippen molar-refractivity contribution >= 4 is 23.2 Å². The normalized spacial score (nSPS) is 15.1. The maximum Gasteiger partial charge on any atom is 0.254 e. The van der Waals surface area contributed by atoms with Crippen molar-refractivity contribution in [2.75, 3.05) is 36.5 Å². The fourth-order valence-corrected chi connectivity index (χ4v) is 2.89. The molecular weight excluding hydrogens is 349 g/mol. The molecule has 1 aliphatic rings. The summed E-state index contributed by atoms with van der Waals surface area (Å²) in [6.07, 6.45) is 0. The van der Waals surface area contributed by atoms with Gasteiger partial charge >= 0.3 is 0 Å². The minimum Gasteiger partial charge on any atom is -0.378 e. The summed E-state index contributed by atoms with van der Waals surface area (Å²) in [7, 11) is 0. The summed E-state index contributed by atoms with van der Waals surface area (Å²) in [5.74, 6) is -1.63. The lowest BCUT2D eigenvalue weighted by Gasteiger charge is -2.30. The summed E-state index contributed by atoms with van der Waals surface area (Å²) < 4.78 is 19.1. The largest absolute Gasteiger partial charge is 0.378 e. The molecule has 7 heteroatoms. The number of morpholine rings is 1. The molecule has 27 heavy (non-hydrogen) atoms. The van der Waals surface area contributed by atoms with Crippen LogP contribution in [0.1, 0.15) is 17.3 Å². The molecule has 1 aliphatic heterocycles. The van der Waals surface area contributed by atoms with E-state index in [2.05, 4.69) is 15.5 Å². The fraction of sp³-hybridized carbons (Fsp3) is 0.300. The molecule has 2 aromatic carbocycles. The van der Waals surface area contributed by atoms with Crippen LogP contribution in [0.2, 0.25) is 0 Å². The molecule has 2 amide bonds. The average molecular weight is 371 g/mol. The van der Waals surface area contributed by atoms with Crippen LogP contribution in [0, 0.1) is 5.82 Å². The molecule has 142 valence electrons. The molecule has 0 aliphatic carbocycles. The van der Waals surface area contributed by atoms with E-state index in [1.165, 1.54) is 18.2 Å². The monoisotopic (exact) mass is 371 g/mol. The Morgan fingerprint density at radius 2 is 1.74 bits per heavy atom. The first-order valence-electron chi connectivity index (χ1n) is 8.84. The van der Waals surface area contributed by atoms with Gasteiger partial charge in [0, 0.05) is 13.1 Å². The van der Waals surface area contributed by atoms with Crippen molar-refractivity contribution in [3.05, 3.63) is 59.9 Å². The number of amides is 2. The van der Waals surface area contributed by atoms with Gasteiger partial charge < -0.3 is 20.3 Å². The lowest BCUT2D eigenvalue weighted by Crippen LogP contribution is -2.42. The quantitative estimate of drug-likeness (QED) is 0.847. The predicted molar refractivity (Wildman–Crippen MR) is 101 cm³/mol. The highest BCUT2D eigenvalue weighted by Crippen LogP contribution is 2.26. The number of nitrogens with one attached hydrogen (secondary N) is 2. The van der Waals surface area contributed by atoms with Crippen molar-refractivity contribution in [1.82, 2.24) is 5.32 Å². The van der Waals surface area contributed by atoms with Gasteiger partial charge in [0.1, 0.15) is 11.9 Å². The van der Waals surface area contributed by atoms with E-state index < -0.39 is 17.8 Å².